The van der Waals surface area contributed by atoms with E-state index in [0.717, 1.165) is 18.4 Å². The number of nitrogens with one attached hydrogen (secondary N) is 2. The van der Waals surface area contributed by atoms with Crippen LogP contribution in [0.15, 0.2) is 24.3 Å². The molecule has 4 nitrogen and oxygen atoms in total. The van der Waals surface area contributed by atoms with Gasteiger partial charge < -0.3 is 15.4 Å². The van der Waals surface area contributed by atoms with Gasteiger partial charge in [-0.3, -0.25) is 4.79 Å². The molecule has 140 valence electrons. The summed E-state index contributed by atoms with van der Waals surface area (Å²) in [5, 5.41) is 6.39. The largest absolute Gasteiger partial charge is 0.488 e. The second kappa shape index (κ2) is 9.34. The first-order valence-electron chi connectivity index (χ1n) is 8.65. The van der Waals surface area contributed by atoms with E-state index >= 15 is 0 Å². The Morgan fingerprint density at radius 3 is 2.88 bits per heavy atom. The van der Waals surface area contributed by atoms with Gasteiger partial charge in [0.25, 0.3) is 6.43 Å². The van der Waals surface area contributed by atoms with Gasteiger partial charge >= 0.3 is 0 Å². The van der Waals surface area contributed by atoms with Crippen LogP contribution in [0.2, 0.25) is 0 Å². The van der Waals surface area contributed by atoms with E-state index in [-0.39, 0.29) is 24.4 Å². The van der Waals surface area contributed by atoms with Crippen LogP contribution in [-0.4, -0.2) is 31.0 Å². The van der Waals surface area contributed by atoms with Crippen molar-refractivity contribution in [2.75, 3.05) is 6.61 Å². The molecule has 3 rings (SSSR count). The van der Waals surface area contributed by atoms with Crippen LogP contribution < -0.4 is 15.4 Å². The first kappa shape index (κ1) is 19.9. The number of carbonyl (C=O) groups is 1. The predicted molar refractivity (Wildman–Crippen MR) is 94.3 cm³/mol. The van der Waals surface area contributed by atoms with Gasteiger partial charge in [-0.1, -0.05) is 25.0 Å². The van der Waals surface area contributed by atoms with Gasteiger partial charge in [0.1, 0.15) is 12.4 Å². The lowest BCUT2D eigenvalue weighted by atomic mass is 9.85. The summed E-state index contributed by atoms with van der Waals surface area (Å²) in [4.78, 5) is 12.4. The molecule has 1 aliphatic heterocycles. The molecule has 1 heterocycles. The van der Waals surface area contributed by atoms with E-state index in [0.29, 0.717) is 24.3 Å². The minimum atomic E-state index is -2.50. The minimum Gasteiger partial charge on any atom is -0.488 e. The molecule has 1 saturated heterocycles. The smallest absolute Gasteiger partial charge is 0.272 e. The van der Waals surface area contributed by atoms with Crippen LogP contribution in [0.5, 0.6) is 5.75 Å². The SMILES string of the molecule is Cl.O=C(NCc1cccc(OCC(F)F)c1)C1CC2CCCCC2N1. The maximum atomic E-state index is 12.4. The molecule has 0 radical (unpaired) electrons. The summed E-state index contributed by atoms with van der Waals surface area (Å²) < 4.78 is 29.4. The third-order valence-electron chi connectivity index (χ3n) is 4.92. The number of carbonyl (C=O) groups excluding carboxylic acids is 1. The number of rotatable bonds is 6. The van der Waals surface area contributed by atoms with Crippen molar-refractivity contribution in [1.29, 1.82) is 0 Å². The van der Waals surface area contributed by atoms with Gasteiger partial charge in [0.15, 0.2) is 0 Å². The summed E-state index contributed by atoms with van der Waals surface area (Å²) in [6.45, 7) is -0.247. The highest BCUT2D eigenvalue weighted by atomic mass is 35.5. The lowest BCUT2D eigenvalue weighted by molar-refractivity contribution is -0.123. The fourth-order valence-electron chi connectivity index (χ4n) is 3.74. The van der Waals surface area contributed by atoms with Gasteiger partial charge in [0.05, 0.1) is 6.04 Å². The number of amides is 1. The van der Waals surface area contributed by atoms with E-state index in [9.17, 15) is 13.6 Å². The van der Waals surface area contributed by atoms with Crippen molar-refractivity contribution in [2.45, 2.75) is 57.2 Å². The molecule has 1 aromatic carbocycles. The average Bonchev–Trinajstić information content (AvgIpc) is 3.02. The molecular weight excluding hydrogens is 350 g/mol. The molecule has 0 spiro atoms. The van der Waals surface area contributed by atoms with Crippen LogP contribution in [0.3, 0.4) is 0 Å². The molecule has 1 aliphatic carbocycles. The van der Waals surface area contributed by atoms with Crippen molar-refractivity contribution in [2.24, 2.45) is 5.92 Å². The van der Waals surface area contributed by atoms with E-state index in [1.807, 2.05) is 6.07 Å². The molecule has 0 aromatic heterocycles. The van der Waals surface area contributed by atoms with Crippen LogP contribution in [0, 0.1) is 5.92 Å². The molecule has 2 fully saturated rings. The Balaban J connectivity index is 0.00000225. The summed E-state index contributed by atoms with van der Waals surface area (Å²) in [5.74, 6) is 1.04. The molecule has 3 unspecified atom stereocenters. The third-order valence-corrected chi connectivity index (χ3v) is 4.92. The maximum Gasteiger partial charge on any atom is 0.272 e. The number of ether oxygens (including phenoxy) is 1. The Morgan fingerprint density at radius 1 is 1.32 bits per heavy atom. The summed E-state index contributed by atoms with van der Waals surface area (Å²) in [6, 6.07) is 7.28. The normalized spacial score (nSPS) is 25.2. The zero-order chi connectivity index (χ0) is 16.9. The van der Waals surface area contributed by atoms with E-state index in [1.54, 1.807) is 18.2 Å². The Morgan fingerprint density at radius 2 is 2.12 bits per heavy atom. The standard InChI is InChI=1S/C18H24F2N2O2.ClH/c19-17(20)11-24-14-6-3-4-12(8-14)10-21-18(23)16-9-13-5-1-2-7-15(13)22-16;/h3-4,6,8,13,15-17,22H,1-2,5,7,9-11H2,(H,21,23);1H. The highest BCUT2D eigenvalue weighted by molar-refractivity contribution is 5.85. The summed E-state index contributed by atoms with van der Waals surface area (Å²) in [5.41, 5.74) is 0.838. The number of benzene rings is 1. The first-order chi connectivity index (χ1) is 11.6. The number of fused-ring (bicyclic) bond motifs is 1. The Hall–Kier alpha value is -1.40. The zero-order valence-corrected chi connectivity index (χ0v) is 14.9. The monoisotopic (exact) mass is 374 g/mol. The lowest BCUT2D eigenvalue weighted by Gasteiger charge is -2.24. The number of hydrogen-bond acceptors (Lipinski definition) is 3. The van der Waals surface area contributed by atoms with Crippen LogP contribution in [-0.2, 0) is 11.3 Å². The summed E-state index contributed by atoms with van der Waals surface area (Å²) in [6.07, 6.45) is 3.30. The molecule has 1 aromatic rings. The van der Waals surface area contributed by atoms with Crippen molar-refractivity contribution in [1.82, 2.24) is 10.6 Å². The van der Waals surface area contributed by atoms with Crippen molar-refractivity contribution in [3.8, 4) is 5.75 Å². The van der Waals surface area contributed by atoms with E-state index in [1.165, 1.54) is 19.3 Å². The Labute approximate surface area is 153 Å². The van der Waals surface area contributed by atoms with Crippen molar-refractivity contribution in [3.05, 3.63) is 29.8 Å². The van der Waals surface area contributed by atoms with Gasteiger partial charge in [0, 0.05) is 12.6 Å². The minimum absolute atomic E-state index is 0. The third kappa shape index (κ3) is 5.54. The molecule has 25 heavy (non-hydrogen) atoms. The number of halogens is 3. The Kier molecular flexibility index (Phi) is 7.44. The van der Waals surface area contributed by atoms with Gasteiger partial charge in [-0.15, -0.1) is 12.4 Å². The van der Waals surface area contributed by atoms with Gasteiger partial charge in [-0.25, -0.2) is 8.78 Å². The zero-order valence-electron chi connectivity index (χ0n) is 14.0. The fraction of sp³-hybridized carbons (Fsp3) is 0.611. The second-order valence-electron chi connectivity index (χ2n) is 6.67. The highest BCUT2D eigenvalue weighted by Gasteiger charge is 2.37. The highest BCUT2D eigenvalue weighted by Crippen LogP contribution is 2.33. The van der Waals surface area contributed by atoms with Crippen LogP contribution in [0.1, 0.15) is 37.7 Å². The molecule has 2 N–H and O–H groups in total. The van der Waals surface area contributed by atoms with E-state index < -0.39 is 13.0 Å². The molecule has 7 heteroatoms. The molecule has 0 bridgehead atoms. The molecule has 1 amide bonds. The maximum absolute atomic E-state index is 12.4. The molecule has 3 atom stereocenters. The summed E-state index contributed by atoms with van der Waals surface area (Å²) >= 11 is 0. The van der Waals surface area contributed by atoms with Gasteiger partial charge in [0.2, 0.25) is 5.91 Å². The second-order valence-corrected chi connectivity index (χ2v) is 6.67. The Bertz CT molecular complexity index is 560. The molecular formula is C18H25ClF2N2O2. The lowest BCUT2D eigenvalue weighted by Crippen LogP contribution is -2.42. The van der Waals surface area contributed by atoms with Crippen molar-refractivity contribution >= 4 is 18.3 Å². The van der Waals surface area contributed by atoms with Crippen molar-refractivity contribution < 1.29 is 18.3 Å². The van der Waals surface area contributed by atoms with Crippen LogP contribution >= 0.6 is 12.4 Å². The average molecular weight is 375 g/mol. The van der Waals surface area contributed by atoms with E-state index in [4.69, 9.17) is 4.74 Å². The number of alkyl halides is 2. The predicted octanol–water partition coefficient (Wildman–Crippen LogP) is 3.29. The fourth-order valence-corrected chi connectivity index (χ4v) is 3.74. The van der Waals surface area contributed by atoms with Crippen LogP contribution in [0.25, 0.3) is 0 Å². The first-order valence-corrected chi connectivity index (χ1v) is 8.65. The van der Waals surface area contributed by atoms with E-state index in [2.05, 4.69) is 10.6 Å². The van der Waals surface area contributed by atoms with Crippen LogP contribution in [0.4, 0.5) is 8.78 Å². The summed E-state index contributed by atoms with van der Waals surface area (Å²) in [7, 11) is 0. The molecule has 2 aliphatic rings. The molecule has 1 saturated carbocycles. The van der Waals surface area contributed by atoms with Gasteiger partial charge in [-0.05, 0) is 42.9 Å². The van der Waals surface area contributed by atoms with Gasteiger partial charge in [-0.2, -0.15) is 0 Å². The van der Waals surface area contributed by atoms with Crippen molar-refractivity contribution in [3.63, 3.8) is 0 Å². The topological polar surface area (TPSA) is 50.4 Å². The quantitative estimate of drug-likeness (QED) is 0.803. The number of hydrogen-bond donors (Lipinski definition) is 2.